The number of hydrogen-bond acceptors (Lipinski definition) is 4. The van der Waals surface area contributed by atoms with E-state index in [1.54, 1.807) is 14.2 Å². The van der Waals surface area contributed by atoms with Crippen LogP contribution >= 0.6 is 0 Å². The van der Waals surface area contributed by atoms with Crippen molar-refractivity contribution in [3.63, 3.8) is 0 Å². The quantitative estimate of drug-likeness (QED) is 0.627. The molecular formula is C8H10N2O2. The molecule has 12 heavy (non-hydrogen) atoms. The number of ether oxygens (including phenoxy) is 2. The summed E-state index contributed by atoms with van der Waals surface area (Å²) < 4.78 is 9.92. The number of benzene rings is 1. The zero-order valence-electron chi connectivity index (χ0n) is 7.02. The van der Waals surface area contributed by atoms with E-state index in [2.05, 4.69) is 0 Å². The highest BCUT2D eigenvalue weighted by Gasteiger charge is 1.89. The lowest BCUT2D eigenvalue weighted by Crippen LogP contribution is -1.83. The van der Waals surface area contributed by atoms with Gasteiger partial charge >= 0.3 is 0 Å². The Kier molecular flexibility index (Phi) is 5.11. The van der Waals surface area contributed by atoms with Crippen molar-refractivity contribution in [2.45, 2.75) is 0 Å². The zero-order chi connectivity index (χ0) is 9.40. The second kappa shape index (κ2) is 5.98. The van der Waals surface area contributed by atoms with E-state index in [4.69, 9.17) is 20.3 Å². The molecule has 1 rings (SSSR count). The van der Waals surface area contributed by atoms with Crippen molar-refractivity contribution >= 4 is 0 Å². The molecule has 0 saturated heterocycles. The number of nitrogens with zero attached hydrogens (tertiary/aromatic N) is 2. The van der Waals surface area contributed by atoms with E-state index in [0.717, 1.165) is 11.5 Å². The third-order valence-electron chi connectivity index (χ3n) is 1.30. The fourth-order valence-corrected chi connectivity index (χ4v) is 0.712. The molecule has 0 aliphatic carbocycles. The van der Waals surface area contributed by atoms with Gasteiger partial charge in [0.2, 0.25) is 0 Å². The minimum absolute atomic E-state index is 0.848. The maximum atomic E-state index is 6.00. The first-order valence-corrected chi connectivity index (χ1v) is 3.25. The minimum Gasteiger partial charge on any atom is -0.497 e. The molecule has 0 bridgehead atoms. The summed E-state index contributed by atoms with van der Waals surface area (Å²) in [4.78, 5) is 0. The standard InChI is InChI=1S/C8H10O2.N2/c1-9-7-3-5-8(10-2)6-4-7;1-2/h3-6H,1-2H3;. The predicted octanol–water partition coefficient (Wildman–Crippen LogP) is 1.73. The lowest BCUT2D eigenvalue weighted by Gasteiger charge is -2.00. The minimum atomic E-state index is 0.848. The molecule has 0 fully saturated rings. The fraction of sp³-hybridized carbons (Fsp3) is 0.250. The second-order valence-electron chi connectivity index (χ2n) is 1.88. The van der Waals surface area contributed by atoms with Gasteiger partial charge in [-0.2, -0.15) is 0 Å². The number of methoxy groups -OCH3 is 2. The highest BCUT2D eigenvalue weighted by molar-refractivity contribution is 5.30. The summed E-state index contributed by atoms with van der Waals surface area (Å²) in [6, 6.07) is 7.44. The van der Waals surface area contributed by atoms with Crippen molar-refractivity contribution in [3.05, 3.63) is 24.3 Å². The van der Waals surface area contributed by atoms with Gasteiger partial charge < -0.3 is 9.47 Å². The molecule has 1 aromatic rings. The Morgan fingerprint density at radius 1 is 0.833 bits per heavy atom. The van der Waals surface area contributed by atoms with Crippen molar-refractivity contribution < 1.29 is 9.47 Å². The molecule has 0 radical (unpaired) electrons. The molecule has 0 aromatic heterocycles. The van der Waals surface area contributed by atoms with Crippen LogP contribution in [0, 0.1) is 10.8 Å². The zero-order valence-corrected chi connectivity index (χ0v) is 7.02. The normalized spacial score (nSPS) is 7.67. The topological polar surface area (TPSA) is 66.0 Å². The fourth-order valence-electron chi connectivity index (χ4n) is 0.712. The molecule has 0 saturated carbocycles. The summed E-state index contributed by atoms with van der Waals surface area (Å²) in [7, 11) is 3.28. The summed E-state index contributed by atoms with van der Waals surface area (Å²) in [6.45, 7) is 0. The SMILES string of the molecule is COc1ccc(OC)cc1.N#N. The van der Waals surface area contributed by atoms with Gasteiger partial charge in [-0.3, -0.25) is 0 Å². The van der Waals surface area contributed by atoms with Crippen molar-refractivity contribution in [1.82, 2.24) is 0 Å². The van der Waals surface area contributed by atoms with Crippen LogP contribution in [0.1, 0.15) is 0 Å². The van der Waals surface area contributed by atoms with Crippen LogP contribution in [0.15, 0.2) is 24.3 Å². The van der Waals surface area contributed by atoms with Gasteiger partial charge in [-0.1, -0.05) is 0 Å². The molecule has 1 aromatic carbocycles. The number of hydrogen-bond donors (Lipinski definition) is 0. The molecule has 0 atom stereocenters. The summed E-state index contributed by atoms with van der Waals surface area (Å²) in [5.41, 5.74) is 0. The summed E-state index contributed by atoms with van der Waals surface area (Å²) in [5.74, 6) is 1.70. The predicted molar refractivity (Wildman–Crippen MR) is 43.0 cm³/mol. The first kappa shape index (κ1) is 10.2. The van der Waals surface area contributed by atoms with E-state index in [9.17, 15) is 0 Å². The van der Waals surface area contributed by atoms with Crippen molar-refractivity contribution in [2.75, 3.05) is 14.2 Å². The van der Waals surface area contributed by atoms with Crippen LogP contribution in [0.3, 0.4) is 0 Å². The summed E-state index contributed by atoms with van der Waals surface area (Å²) >= 11 is 0. The summed E-state index contributed by atoms with van der Waals surface area (Å²) in [5, 5.41) is 12.0. The van der Waals surface area contributed by atoms with Gasteiger partial charge in [0.15, 0.2) is 0 Å². The Bertz CT molecular complexity index is 208. The molecule has 64 valence electrons. The molecule has 0 N–H and O–H groups in total. The van der Waals surface area contributed by atoms with Crippen LogP contribution in [-0.2, 0) is 0 Å². The van der Waals surface area contributed by atoms with Crippen molar-refractivity contribution in [2.24, 2.45) is 0 Å². The second-order valence-corrected chi connectivity index (χ2v) is 1.88. The lowest BCUT2D eigenvalue weighted by atomic mass is 10.3. The van der Waals surface area contributed by atoms with E-state index < -0.39 is 0 Å². The molecule has 0 aliphatic heterocycles. The van der Waals surface area contributed by atoms with Gasteiger partial charge in [0.1, 0.15) is 11.5 Å². The molecule has 4 nitrogen and oxygen atoms in total. The smallest absolute Gasteiger partial charge is 0.119 e. The highest BCUT2D eigenvalue weighted by Crippen LogP contribution is 2.15. The van der Waals surface area contributed by atoms with Gasteiger partial charge in [0, 0.05) is 10.8 Å². The Balaban J connectivity index is 0.000000561. The van der Waals surface area contributed by atoms with E-state index in [1.807, 2.05) is 24.3 Å². The molecule has 0 amide bonds. The maximum Gasteiger partial charge on any atom is 0.119 e. The van der Waals surface area contributed by atoms with Gasteiger partial charge in [-0.05, 0) is 24.3 Å². The maximum absolute atomic E-state index is 6.00. The van der Waals surface area contributed by atoms with Gasteiger partial charge in [0.25, 0.3) is 0 Å². The first-order chi connectivity index (χ1) is 5.86. The Labute approximate surface area is 71.1 Å². The Morgan fingerprint density at radius 3 is 1.25 bits per heavy atom. The highest BCUT2D eigenvalue weighted by atomic mass is 16.5. The molecule has 0 aliphatic rings. The van der Waals surface area contributed by atoms with Crippen molar-refractivity contribution in [3.8, 4) is 11.5 Å². The van der Waals surface area contributed by atoms with Crippen LogP contribution in [0.2, 0.25) is 0 Å². The van der Waals surface area contributed by atoms with E-state index >= 15 is 0 Å². The van der Waals surface area contributed by atoms with E-state index in [-0.39, 0.29) is 0 Å². The van der Waals surface area contributed by atoms with Crippen LogP contribution in [0.5, 0.6) is 11.5 Å². The average Bonchev–Trinajstić information content (AvgIpc) is 2.21. The summed E-state index contributed by atoms with van der Waals surface area (Å²) in [6.07, 6.45) is 0. The molecule has 0 unspecified atom stereocenters. The molecular weight excluding hydrogens is 156 g/mol. The van der Waals surface area contributed by atoms with Gasteiger partial charge in [-0.25, -0.2) is 0 Å². The monoisotopic (exact) mass is 166 g/mol. The molecule has 0 heterocycles. The average molecular weight is 166 g/mol. The number of rotatable bonds is 2. The third kappa shape index (κ3) is 2.88. The molecule has 0 spiro atoms. The third-order valence-corrected chi connectivity index (χ3v) is 1.30. The van der Waals surface area contributed by atoms with Gasteiger partial charge in [-0.15, -0.1) is 0 Å². The van der Waals surface area contributed by atoms with Crippen molar-refractivity contribution in [1.29, 1.82) is 10.8 Å². The van der Waals surface area contributed by atoms with Crippen LogP contribution in [0.25, 0.3) is 0 Å². The first-order valence-electron chi connectivity index (χ1n) is 3.25. The molecule has 4 heteroatoms. The lowest BCUT2D eigenvalue weighted by molar-refractivity contribution is 0.403. The van der Waals surface area contributed by atoms with Gasteiger partial charge in [0.05, 0.1) is 14.2 Å². The van der Waals surface area contributed by atoms with Crippen LogP contribution in [-0.4, -0.2) is 14.2 Å². The van der Waals surface area contributed by atoms with Crippen LogP contribution in [0.4, 0.5) is 0 Å². The Morgan fingerprint density at radius 2 is 1.08 bits per heavy atom. The Hall–Kier alpha value is -1.76. The van der Waals surface area contributed by atoms with Crippen LogP contribution < -0.4 is 9.47 Å². The van der Waals surface area contributed by atoms with E-state index in [0.29, 0.717) is 0 Å². The van der Waals surface area contributed by atoms with E-state index in [1.165, 1.54) is 0 Å². The largest absolute Gasteiger partial charge is 0.497 e.